The highest BCUT2D eigenvalue weighted by Gasteiger charge is 2.10. The molecular formula is C22H22N6. The van der Waals surface area contributed by atoms with Gasteiger partial charge in [0.1, 0.15) is 5.82 Å². The average molecular weight is 370 g/mol. The molecule has 1 fully saturated rings. The van der Waals surface area contributed by atoms with E-state index in [1.165, 1.54) is 24.9 Å². The Morgan fingerprint density at radius 2 is 1.71 bits per heavy atom. The largest absolute Gasteiger partial charge is 0.372 e. The molecule has 1 aliphatic heterocycles. The van der Waals surface area contributed by atoms with E-state index in [1.807, 2.05) is 12.1 Å². The Balaban J connectivity index is 1.43. The molecule has 1 aliphatic rings. The second kappa shape index (κ2) is 8.40. The third-order valence-corrected chi connectivity index (χ3v) is 4.76. The molecule has 3 aromatic rings. The predicted molar refractivity (Wildman–Crippen MR) is 112 cm³/mol. The van der Waals surface area contributed by atoms with Gasteiger partial charge in [0.2, 0.25) is 5.95 Å². The summed E-state index contributed by atoms with van der Waals surface area (Å²) in [6, 6.07) is 19.6. The van der Waals surface area contributed by atoms with Gasteiger partial charge < -0.3 is 15.5 Å². The van der Waals surface area contributed by atoms with Gasteiger partial charge in [-0.3, -0.25) is 0 Å². The summed E-state index contributed by atoms with van der Waals surface area (Å²) in [5, 5.41) is 15.5. The first-order chi connectivity index (χ1) is 13.8. The Morgan fingerprint density at radius 1 is 0.893 bits per heavy atom. The van der Waals surface area contributed by atoms with Crippen LogP contribution in [0.15, 0.2) is 60.8 Å². The Labute approximate surface area is 164 Å². The van der Waals surface area contributed by atoms with Gasteiger partial charge in [-0.1, -0.05) is 6.07 Å². The van der Waals surface area contributed by atoms with Gasteiger partial charge in [-0.25, -0.2) is 4.98 Å². The number of aromatic nitrogens is 2. The minimum Gasteiger partial charge on any atom is -0.372 e. The van der Waals surface area contributed by atoms with Crippen molar-refractivity contribution < 1.29 is 0 Å². The third-order valence-electron chi connectivity index (χ3n) is 4.76. The van der Waals surface area contributed by atoms with Crippen LogP contribution in [0.4, 0.5) is 28.8 Å². The molecule has 4 rings (SSSR count). The number of hydrogen-bond acceptors (Lipinski definition) is 6. The van der Waals surface area contributed by atoms with E-state index in [0.717, 1.165) is 24.5 Å². The number of nitriles is 1. The van der Waals surface area contributed by atoms with Gasteiger partial charge in [0.15, 0.2) is 0 Å². The molecule has 1 saturated heterocycles. The standard InChI is InChI=1S/C22H22N6/c23-16-17-5-4-6-19(15-17)25-21-11-12-24-22(27-21)26-18-7-9-20(10-8-18)28-13-2-1-3-14-28/h4-12,15H,1-3,13-14H2,(H2,24,25,26,27). The van der Waals surface area contributed by atoms with Crippen LogP contribution in [-0.2, 0) is 0 Å². The zero-order chi connectivity index (χ0) is 19.2. The molecule has 0 atom stereocenters. The normalized spacial score (nSPS) is 13.6. The number of nitrogens with one attached hydrogen (secondary N) is 2. The Hall–Kier alpha value is -3.59. The fourth-order valence-corrected chi connectivity index (χ4v) is 3.34. The van der Waals surface area contributed by atoms with Gasteiger partial charge in [-0.2, -0.15) is 10.2 Å². The summed E-state index contributed by atoms with van der Waals surface area (Å²) in [4.78, 5) is 11.2. The Morgan fingerprint density at radius 3 is 2.50 bits per heavy atom. The second-order valence-corrected chi connectivity index (χ2v) is 6.80. The smallest absolute Gasteiger partial charge is 0.229 e. The third kappa shape index (κ3) is 4.38. The lowest BCUT2D eigenvalue weighted by molar-refractivity contribution is 0.578. The van der Waals surface area contributed by atoms with Gasteiger partial charge >= 0.3 is 0 Å². The monoisotopic (exact) mass is 370 g/mol. The van der Waals surface area contributed by atoms with E-state index < -0.39 is 0 Å². The maximum absolute atomic E-state index is 9.02. The summed E-state index contributed by atoms with van der Waals surface area (Å²) in [7, 11) is 0. The quantitative estimate of drug-likeness (QED) is 0.670. The molecule has 0 saturated carbocycles. The lowest BCUT2D eigenvalue weighted by Crippen LogP contribution is -2.29. The molecule has 2 aromatic carbocycles. The highest BCUT2D eigenvalue weighted by molar-refractivity contribution is 5.62. The maximum Gasteiger partial charge on any atom is 0.229 e. The van der Waals surface area contributed by atoms with Crippen LogP contribution in [0.3, 0.4) is 0 Å². The SMILES string of the molecule is N#Cc1cccc(Nc2ccnc(Nc3ccc(N4CCCCC4)cc3)n2)c1. The van der Waals surface area contributed by atoms with Gasteiger partial charge in [-0.05, 0) is 67.8 Å². The van der Waals surface area contributed by atoms with E-state index >= 15 is 0 Å². The molecule has 0 unspecified atom stereocenters. The summed E-state index contributed by atoms with van der Waals surface area (Å²) < 4.78 is 0. The predicted octanol–water partition coefficient (Wildman–Crippen LogP) is 4.83. The van der Waals surface area contributed by atoms with Crippen LogP contribution in [0.25, 0.3) is 0 Å². The summed E-state index contributed by atoms with van der Waals surface area (Å²) in [6.07, 6.45) is 5.57. The Kier molecular flexibility index (Phi) is 5.34. The van der Waals surface area contributed by atoms with E-state index in [4.69, 9.17) is 5.26 Å². The van der Waals surface area contributed by atoms with Crippen molar-refractivity contribution in [1.82, 2.24) is 9.97 Å². The maximum atomic E-state index is 9.02. The molecule has 0 spiro atoms. The lowest BCUT2D eigenvalue weighted by atomic mass is 10.1. The number of rotatable bonds is 5. The molecule has 28 heavy (non-hydrogen) atoms. The van der Waals surface area contributed by atoms with Crippen LogP contribution in [0.2, 0.25) is 0 Å². The van der Waals surface area contributed by atoms with Crippen molar-refractivity contribution in [3.8, 4) is 6.07 Å². The van der Waals surface area contributed by atoms with Crippen LogP contribution >= 0.6 is 0 Å². The van der Waals surface area contributed by atoms with Gasteiger partial charge in [0.25, 0.3) is 0 Å². The molecular weight excluding hydrogens is 348 g/mol. The number of anilines is 5. The van der Waals surface area contributed by atoms with Crippen LogP contribution in [0.5, 0.6) is 0 Å². The fraction of sp³-hybridized carbons (Fsp3) is 0.227. The van der Waals surface area contributed by atoms with Gasteiger partial charge in [0.05, 0.1) is 11.6 Å². The molecule has 0 amide bonds. The zero-order valence-electron chi connectivity index (χ0n) is 15.6. The molecule has 2 N–H and O–H groups in total. The van der Waals surface area contributed by atoms with E-state index in [0.29, 0.717) is 17.3 Å². The van der Waals surface area contributed by atoms with Crippen molar-refractivity contribution in [2.75, 3.05) is 28.6 Å². The highest BCUT2D eigenvalue weighted by atomic mass is 15.1. The van der Waals surface area contributed by atoms with Gasteiger partial charge in [0, 0.05) is 36.3 Å². The number of hydrogen-bond donors (Lipinski definition) is 2. The van der Waals surface area contributed by atoms with Crippen molar-refractivity contribution in [2.24, 2.45) is 0 Å². The summed E-state index contributed by atoms with van der Waals surface area (Å²) in [5.41, 5.74) is 3.63. The van der Waals surface area contributed by atoms with Crippen molar-refractivity contribution in [2.45, 2.75) is 19.3 Å². The first-order valence-electron chi connectivity index (χ1n) is 9.52. The van der Waals surface area contributed by atoms with Crippen molar-refractivity contribution in [3.05, 3.63) is 66.4 Å². The molecule has 0 aliphatic carbocycles. The molecule has 6 nitrogen and oxygen atoms in total. The number of benzene rings is 2. The van der Waals surface area contributed by atoms with E-state index in [9.17, 15) is 0 Å². The van der Waals surface area contributed by atoms with Crippen LogP contribution in [0, 0.1) is 11.3 Å². The average Bonchev–Trinajstić information content (AvgIpc) is 2.75. The summed E-state index contributed by atoms with van der Waals surface area (Å²) in [5.74, 6) is 1.18. The molecule has 1 aromatic heterocycles. The minimum absolute atomic E-state index is 0.521. The molecule has 6 heteroatoms. The topological polar surface area (TPSA) is 76.9 Å². The Bertz CT molecular complexity index is 971. The van der Waals surface area contributed by atoms with Crippen molar-refractivity contribution in [3.63, 3.8) is 0 Å². The van der Waals surface area contributed by atoms with Crippen LogP contribution < -0.4 is 15.5 Å². The number of piperidine rings is 1. The molecule has 2 heterocycles. The summed E-state index contributed by atoms with van der Waals surface area (Å²) in [6.45, 7) is 2.27. The fourth-order valence-electron chi connectivity index (χ4n) is 3.34. The minimum atomic E-state index is 0.521. The van der Waals surface area contributed by atoms with Crippen molar-refractivity contribution >= 4 is 28.8 Å². The lowest BCUT2D eigenvalue weighted by Gasteiger charge is -2.28. The first kappa shape index (κ1) is 17.8. The zero-order valence-corrected chi connectivity index (χ0v) is 15.6. The molecule has 140 valence electrons. The highest BCUT2D eigenvalue weighted by Crippen LogP contribution is 2.23. The second-order valence-electron chi connectivity index (χ2n) is 6.80. The van der Waals surface area contributed by atoms with Gasteiger partial charge in [-0.15, -0.1) is 0 Å². The summed E-state index contributed by atoms with van der Waals surface area (Å²) >= 11 is 0. The van der Waals surface area contributed by atoms with E-state index in [-0.39, 0.29) is 0 Å². The first-order valence-corrected chi connectivity index (χ1v) is 9.52. The van der Waals surface area contributed by atoms with E-state index in [1.54, 1.807) is 24.4 Å². The molecule has 0 radical (unpaired) electrons. The van der Waals surface area contributed by atoms with E-state index in [2.05, 4.69) is 55.8 Å². The van der Waals surface area contributed by atoms with Crippen LogP contribution in [0.1, 0.15) is 24.8 Å². The number of nitrogens with zero attached hydrogens (tertiary/aromatic N) is 4. The van der Waals surface area contributed by atoms with Crippen LogP contribution in [-0.4, -0.2) is 23.1 Å². The molecule has 0 bridgehead atoms. The van der Waals surface area contributed by atoms with Crippen molar-refractivity contribution in [1.29, 1.82) is 5.26 Å².